The minimum absolute atomic E-state index is 0. The number of halogens is 1. The summed E-state index contributed by atoms with van der Waals surface area (Å²) in [6.07, 6.45) is 0. The molecule has 0 atom stereocenters. The van der Waals surface area contributed by atoms with Crippen LogP contribution in [-0.4, -0.2) is 7.11 Å². The molecule has 0 aliphatic carbocycles. The number of ether oxygens (including phenoxy) is 1. The van der Waals surface area contributed by atoms with Gasteiger partial charge in [0.25, 0.3) is 0 Å². The maximum absolute atomic E-state index is 5.58. The fourth-order valence-corrected chi connectivity index (χ4v) is 0.893. The van der Waals surface area contributed by atoms with E-state index in [1.807, 2.05) is 24.3 Å². The number of alkyl halides is 1. The van der Waals surface area contributed by atoms with Crippen molar-refractivity contribution in [1.29, 1.82) is 0 Å². The molecule has 0 N–H and O–H groups in total. The molecule has 0 bridgehead atoms. The smallest absolute Gasteiger partial charge is 0.118 e. The molecule has 0 unspecified atom stereocenters. The Balaban J connectivity index is 0.000001000. The Morgan fingerprint density at radius 1 is 1.27 bits per heavy atom. The molecule has 1 rings (SSSR count). The third-order valence-corrected chi connectivity index (χ3v) is 1.62. The van der Waals surface area contributed by atoms with Crippen LogP contribution in [0.1, 0.15) is 5.56 Å². The van der Waals surface area contributed by atoms with Crippen LogP contribution < -0.4 is 4.74 Å². The van der Waals surface area contributed by atoms with Crippen molar-refractivity contribution in [2.75, 3.05) is 7.11 Å². The summed E-state index contributed by atoms with van der Waals surface area (Å²) in [5, 5.41) is 0. The normalized spacial score (nSPS) is 8.55. The number of hydrogen-bond donors (Lipinski definition) is 0. The van der Waals surface area contributed by atoms with Crippen LogP contribution in [0.3, 0.4) is 0 Å². The van der Waals surface area contributed by atoms with Crippen LogP contribution in [0.2, 0.25) is 0 Å². The van der Waals surface area contributed by atoms with Gasteiger partial charge in [0.1, 0.15) is 5.75 Å². The Bertz CT molecular complexity index is 175. The molecule has 0 fully saturated rings. The summed E-state index contributed by atoms with van der Waals surface area (Å²) in [6, 6.07) is 7.70. The van der Waals surface area contributed by atoms with Gasteiger partial charge in [0.15, 0.2) is 0 Å². The fraction of sp³-hybridized carbons (Fsp3) is 0.250. The topological polar surface area (TPSA) is 9.23 Å². The van der Waals surface area contributed by atoms with Gasteiger partial charge in [-0.25, -0.2) is 0 Å². The predicted molar refractivity (Wildman–Crippen MR) is 42.6 cm³/mol. The minimum Gasteiger partial charge on any atom is -0.497 e. The summed E-state index contributed by atoms with van der Waals surface area (Å²) < 4.78 is 4.97. The number of rotatable bonds is 2. The first-order chi connectivity index (χ1) is 4.86. The molecular weight excluding hydrogens is 254 g/mol. The second-order valence-corrected chi connectivity index (χ2v) is 2.25. The van der Waals surface area contributed by atoms with Gasteiger partial charge in [-0.3, -0.25) is 0 Å². The number of benzene rings is 1. The number of methoxy groups -OCH3 is 1. The molecule has 3 heteroatoms. The summed E-state index contributed by atoms with van der Waals surface area (Å²) in [7, 11) is 1.65. The van der Waals surface area contributed by atoms with Gasteiger partial charge < -0.3 is 4.74 Å². The van der Waals surface area contributed by atoms with Gasteiger partial charge in [-0.15, -0.1) is 11.6 Å². The molecule has 0 heterocycles. The van der Waals surface area contributed by atoms with Gasteiger partial charge in [-0.05, 0) is 17.7 Å². The van der Waals surface area contributed by atoms with Crippen LogP contribution in [0.4, 0.5) is 0 Å². The molecule has 0 aliphatic heterocycles. The Morgan fingerprint density at radius 2 is 1.82 bits per heavy atom. The van der Waals surface area contributed by atoms with E-state index in [0.717, 1.165) is 11.3 Å². The van der Waals surface area contributed by atoms with E-state index < -0.39 is 0 Å². The van der Waals surface area contributed by atoms with Gasteiger partial charge in [0.2, 0.25) is 0 Å². The molecule has 0 amide bonds. The van der Waals surface area contributed by atoms with E-state index in [4.69, 9.17) is 16.3 Å². The molecule has 11 heavy (non-hydrogen) atoms. The fourth-order valence-electron chi connectivity index (χ4n) is 0.715. The first-order valence-electron chi connectivity index (χ1n) is 3.05. The zero-order valence-electron chi connectivity index (χ0n) is 6.12. The Morgan fingerprint density at radius 3 is 2.18 bits per heavy atom. The zero-order chi connectivity index (χ0) is 7.40. The maximum atomic E-state index is 5.58. The SMILES string of the molecule is COc1ccc(CCl)cc1.[Pd]. The van der Waals surface area contributed by atoms with E-state index in [-0.39, 0.29) is 20.4 Å². The van der Waals surface area contributed by atoms with Crippen molar-refractivity contribution in [3.8, 4) is 5.75 Å². The van der Waals surface area contributed by atoms with Crippen molar-refractivity contribution in [3.05, 3.63) is 29.8 Å². The molecule has 0 aliphatic rings. The second kappa shape index (κ2) is 5.60. The van der Waals surface area contributed by atoms with Crippen molar-refractivity contribution < 1.29 is 25.2 Å². The molecule has 0 saturated heterocycles. The molecule has 1 nitrogen and oxygen atoms in total. The van der Waals surface area contributed by atoms with Crippen LogP contribution in [0, 0.1) is 0 Å². The van der Waals surface area contributed by atoms with E-state index in [1.165, 1.54) is 0 Å². The van der Waals surface area contributed by atoms with Crippen LogP contribution >= 0.6 is 11.6 Å². The molecule has 0 aromatic heterocycles. The average molecular weight is 263 g/mol. The van der Waals surface area contributed by atoms with E-state index in [9.17, 15) is 0 Å². The molecule has 0 spiro atoms. The van der Waals surface area contributed by atoms with Gasteiger partial charge >= 0.3 is 0 Å². The summed E-state index contributed by atoms with van der Waals surface area (Å²) in [5.41, 5.74) is 1.11. The number of hydrogen-bond acceptors (Lipinski definition) is 1. The van der Waals surface area contributed by atoms with E-state index in [0.29, 0.717) is 5.88 Å². The van der Waals surface area contributed by atoms with Crippen LogP contribution in [0.15, 0.2) is 24.3 Å². The largest absolute Gasteiger partial charge is 0.497 e. The third-order valence-electron chi connectivity index (χ3n) is 1.31. The monoisotopic (exact) mass is 262 g/mol. The van der Waals surface area contributed by atoms with Crippen molar-refractivity contribution >= 4 is 11.6 Å². The Labute approximate surface area is 85.4 Å². The first-order valence-corrected chi connectivity index (χ1v) is 3.59. The van der Waals surface area contributed by atoms with Crippen molar-refractivity contribution in [3.63, 3.8) is 0 Å². The molecule has 64 valence electrons. The van der Waals surface area contributed by atoms with E-state index in [2.05, 4.69) is 0 Å². The Hall–Kier alpha value is -0.0277. The van der Waals surface area contributed by atoms with Crippen LogP contribution in [-0.2, 0) is 26.3 Å². The zero-order valence-corrected chi connectivity index (χ0v) is 8.43. The minimum atomic E-state index is 0. The van der Waals surface area contributed by atoms with E-state index >= 15 is 0 Å². The van der Waals surface area contributed by atoms with Crippen LogP contribution in [0.25, 0.3) is 0 Å². The van der Waals surface area contributed by atoms with Gasteiger partial charge in [0.05, 0.1) is 7.11 Å². The summed E-state index contributed by atoms with van der Waals surface area (Å²) >= 11 is 5.58. The van der Waals surface area contributed by atoms with E-state index in [1.54, 1.807) is 7.11 Å². The first kappa shape index (κ1) is 11.0. The molecule has 0 radical (unpaired) electrons. The van der Waals surface area contributed by atoms with Crippen molar-refractivity contribution in [1.82, 2.24) is 0 Å². The predicted octanol–water partition coefficient (Wildman–Crippen LogP) is 2.43. The summed E-state index contributed by atoms with van der Waals surface area (Å²) in [5.74, 6) is 1.43. The molecule has 0 saturated carbocycles. The quantitative estimate of drug-likeness (QED) is 0.588. The van der Waals surface area contributed by atoms with Gasteiger partial charge in [-0.1, -0.05) is 12.1 Å². The molecule has 1 aromatic rings. The third kappa shape index (κ3) is 3.25. The Kier molecular flexibility index (Phi) is 5.59. The summed E-state index contributed by atoms with van der Waals surface area (Å²) in [4.78, 5) is 0. The maximum Gasteiger partial charge on any atom is 0.118 e. The average Bonchev–Trinajstić information content (AvgIpc) is 2.05. The second-order valence-electron chi connectivity index (χ2n) is 1.98. The molecule has 1 aromatic carbocycles. The van der Waals surface area contributed by atoms with Gasteiger partial charge in [-0.2, -0.15) is 0 Å². The van der Waals surface area contributed by atoms with Crippen molar-refractivity contribution in [2.45, 2.75) is 5.88 Å². The van der Waals surface area contributed by atoms with Crippen molar-refractivity contribution in [2.24, 2.45) is 0 Å². The van der Waals surface area contributed by atoms with Crippen LogP contribution in [0.5, 0.6) is 5.75 Å². The molecular formula is C8H9ClOPd. The van der Waals surface area contributed by atoms with Gasteiger partial charge in [0, 0.05) is 26.3 Å². The summed E-state index contributed by atoms with van der Waals surface area (Å²) in [6.45, 7) is 0. The standard InChI is InChI=1S/C8H9ClO.Pd/c1-10-8-4-2-7(6-9)3-5-8;/h2-5H,6H2,1H3;.